The van der Waals surface area contributed by atoms with Gasteiger partial charge in [0.15, 0.2) is 7.37 Å². The highest BCUT2D eigenvalue weighted by atomic mass is 31.2. The summed E-state index contributed by atoms with van der Waals surface area (Å²) in [5.74, 6) is -0.703. The lowest BCUT2D eigenvalue weighted by Crippen LogP contribution is -1.94. The molecule has 0 aliphatic heterocycles. The maximum Gasteiger partial charge on any atom is 0.303 e. The van der Waals surface area contributed by atoms with Crippen LogP contribution in [-0.2, 0) is 13.9 Å². The highest BCUT2D eigenvalue weighted by Crippen LogP contribution is 2.37. The van der Waals surface area contributed by atoms with Gasteiger partial charge in [0.25, 0.3) is 0 Å². The molecule has 0 bridgehead atoms. The van der Waals surface area contributed by atoms with Gasteiger partial charge in [-0.3, -0.25) is 9.36 Å². The molecule has 0 unspecified atom stereocenters. The van der Waals surface area contributed by atoms with E-state index in [1.165, 1.54) is 0 Å². The van der Waals surface area contributed by atoms with Gasteiger partial charge in [0.05, 0.1) is 6.61 Å². The summed E-state index contributed by atoms with van der Waals surface area (Å²) in [6.07, 6.45) is 7.53. The molecule has 5 heteroatoms. The molecule has 0 amide bonds. The van der Waals surface area contributed by atoms with Crippen LogP contribution in [0.2, 0.25) is 0 Å². The average molecular weight is 264 g/mol. The molecular formula is C12H25O4P. The molecule has 0 fully saturated rings. The van der Waals surface area contributed by atoms with Gasteiger partial charge < -0.3 is 9.63 Å². The fourth-order valence-corrected chi connectivity index (χ4v) is 2.12. The quantitative estimate of drug-likeness (QED) is 0.456. The van der Waals surface area contributed by atoms with Gasteiger partial charge in [-0.1, -0.05) is 32.1 Å². The Morgan fingerprint density at radius 3 is 1.94 bits per heavy atom. The summed E-state index contributed by atoms with van der Waals surface area (Å²) in [5.41, 5.74) is 0. The third-order valence-corrected chi connectivity index (χ3v) is 3.24. The zero-order valence-corrected chi connectivity index (χ0v) is 11.9. The second-order valence-electron chi connectivity index (χ2n) is 4.70. The smallest absolute Gasteiger partial charge is 0.303 e. The molecule has 4 nitrogen and oxygen atoms in total. The van der Waals surface area contributed by atoms with Crippen molar-refractivity contribution in [1.29, 1.82) is 0 Å². The number of hydrogen-bond acceptors (Lipinski definition) is 3. The van der Waals surface area contributed by atoms with Crippen LogP contribution in [-0.4, -0.2) is 31.0 Å². The van der Waals surface area contributed by atoms with E-state index in [-0.39, 0.29) is 6.42 Å². The molecule has 0 rings (SSSR count). The first-order valence-corrected chi connectivity index (χ1v) is 8.85. The number of rotatable bonds is 11. The number of unbranched alkanes of at least 4 members (excludes halogenated alkanes) is 6. The Morgan fingerprint density at radius 1 is 1.00 bits per heavy atom. The normalized spacial score (nSPS) is 11.6. The molecule has 0 spiro atoms. The Balaban J connectivity index is 3.09. The van der Waals surface area contributed by atoms with E-state index in [4.69, 9.17) is 9.63 Å². The van der Waals surface area contributed by atoms with Crippen molar-refractivity contribution < 1.29 is 19.0 Å². The first-order valence-electron chi connectivity index (χ1n) is 6.33. The van der Waals surface area contributed by atoms with Crippen molar-refractivity contribution in [3.05, 3.63) is 0 Å². The largest absolute Gasteiger partial charge is 0.481 e. The lowest BCUT2D eigenvalue weighted by molar-refractivity contribution is -0.137. The van der Waals surface area contributed by atoms with Crippen molar-refractivity contribution in [2.75, 3.05) is 19.9 Å². The summed E-state index contributed by atoms with van der Waals surface area (Å²) in [6, 6.07) is 0. The van der Waals surface area contributed by atoms with E-state index in [0.29, 0.717) is 6.61 Å². The highest BCUT2D eigenvalue weighted by molar-refractivity contribution is 7.57. The van der Waals surface area contributed by atoms with Crippen LogP contribution in [0, 0.1) is 0 Å². The molecule has 102 valence electrons. The molecule has 0 atom stereocenters. The van der Waals surface area contributed by atoms with Crippen molar-refractivity contribution in [3.63, 3.8) is 0 Å². The lowest BCUT2D eigenvalue weighted by atomic mass is 10.1. The van der Waals surface area contributed by atoms with Crippen molar-refractivity contribution in [2.45, 2.75) is 51.4 Å². The minimum Gasteiger partial charge on any atom is -0.481 e. The maximum absolute atomic E-state index is 11.2. The first kappa shape index (κ1) is 16.7. The molecular weight excluding hydrogens is 239 g/mol. The summed E-state index contributed by atoms with van der Waals surface area (Å²) in [4.78, 5) is 10.3. The van der Waals surface area contributed by atoms with Gasteiger partial charge >= 0.3 is 5.97 Å². The predicted octanol–water partition coefficient (Wildman–Crippen LogP) is 3.75. The second kappa shape index (κ2) is 9.67. The standard InChI is InChI=1S/C12H25O4P/c1-17(2,15)16-11-9-7-5-3-4-6-8-10-12(13)14/h3-11H2,1-2H3,(H,13,14). The Bertz CT molecular complexity index is 247. The maximum atomic E-state index is 11.2. The van der Waals surface area contributed by atoms with E-state index in [1.54, 1.807) is 13.3 Å². The third-order valence-electron chi connectivity index (χ3n) is 2.44. The van der Waals surface area contributed by atoms with E-state index in [0.717, 1.165) is 44.9 Å². The van der Waals surface area contributed by atoms with Gasteiger partial charge in [0.2, 0.25) is 0 Å². The van der Waals surface area contributed by atoms with Crippen LogP contribution in [0.3, 0.4) is 0 Å². The average Bonchev–Trinajstić information content (AvgIpc) is 2.18. The molecule has 0 saturated carbocycles. The SMILES string of the molecule is CP(C)(=O)OCCCCCCCCCC(=O)O. The van der Waals surface area contributed by atoms with Gasteiger partial charge in [0, 0.05) is 19.8 Å². The number of carboxylic acids is 1. The molecule has 0 saturated heterocycles. The summed E-state index contributed by atoms with van der Waals surface area (Å²) in [6.45, 7) is 3.86. The Morgan fingerprint density at radius 2 is 1.47 bits per heavy atom. The summed E-state index contributed by atoms with van der Waals surface area (Å²) in [7, 11) is -2.30. The Labute approximate surface area is 104 Å². The molecule has 0 heterocycles. The molecule has 0 aromatic carbocycles. The first-order chi connectivity index (χ1) is 7.92. The number of carboxylic acid groups (broad SMARTS) is 1. The molecule has 0 radical (unpaired) electrons. The summed E-state index contributed by atoms with van der Waals surface area (Å²) in [5, 5.41) is 8.44. The van der Waals surface area contributed by atoms with Crippen molar-refractivity contribution in [3.8, 4) is 0 Å². The third kappa shape index (κ3) is 15.7. The molecule has 0 aromatic heterocycles. The Hall–Kier alpha value is -0.340. The fourth-order valence-electron chi connectivity index (χ4n) is 1.55. The predicted molar refractivity (Wildman–Crippen MR) is 70.0 cm³/mol. The van der Waals surface area contributed by atoms with Crippen LogP contribution < -0.4 is 0 Å². The number of carbonyl (C=O) groups is 1. The zero-order chi connectivity index (χ0) is 13.1. The van der Waals surface area contributed by atoms with Gasteiger partial charge in [-0.25, -0.2) is 0 Å². The van der Waals surface area contributed by atoms with Crippen LogP contribution in [0.25, 0.3) is 0 Å². The van der Waals surface area contributed by atoms with Gasteiger partial charge in [-0.15, -0.1) is 0 Å². The monoisotopic (exact) mass is 264 g/mol. The van der Waals surface area contributed by atoms with Gasteiger partial charge in [0.1, 0.15) is 0 Å². The van der Waals surface area contributed by atoms with E-state index >= 15 is 0 Å². The van der Waals surface area contributed by atoms with E-state index in [9.17, 15) is 9.36 Å². The van der Waals surface area contributed by atoms with Crippen LogP contribution in [0.4, 0.5) is 0 Å². The van der Waals surface area contributed by atoms with Crippen molar-refractivity contribution >= 4 is 13.3 Å². The van der Waals surface area contributed by atoms with Crippen LogP contribution >= 0.6 is 7.37 Å². The van der Waals surface area contributed by atoms with Gasteiger partial charge in [-0.2, -0.15) is 0 Å². The molecule has 0 aliphatic rings. The fraction of sp³-hybridized carbons (Fsp3) is 0.917. The molecule has 17 heavy (non-hydrogen) atoms. The minimum atomic E-state index is -2.30. The molecule has 0 aromatic rings. The van der Waals surface area contributed by atoms with Crippen LogP contribution in [0.5, 0.6) is 0 Å². The Kier molecular flexibility index (Phi) is 9.47. The van der Waals surface area contributed by atoms with Crippen molar-refractivity contribution in [1.82, 2.24) is 0 Å². The second-order valence-corrected chi connectivity index (χ2v) is 7.47. The minimum absolute atomic E-state index is 0.288. The lowest BCUT2D eigenvalue weighted by Gasteiger charge is -2.07. The van der Waals surface area contributed by atoms with Gasteiger partial charge in [-0.05, 0) is 12.8 Å². The van der Waals surface area contributed by atoms with Crippen molar-refractivity contribution in [2.24, 2.45) is 0 Å². The summed E-state index contributed by atoms with van der Waals surface area (Å²) < 4.78 is 16.4. The molecule has 0 aliphatic carbocycles. The molecule has 1 N–H and O–H groups in total. The highest BCUT2D eigenvalue weighted by Gasteiger charge is 2.05. The van der Waals surface area contributed by atoms with E-state index in [1.807, 2.05) is 0 Å². The number of hydrogen-bond donors (Lipinski definition) is 1. The van der Waals surface area contributed by atoms with Crippen LogP contribution in [0.1, 0.15) is 51.4 Å². The van der Waals surface area contributed by atoms with E-state index in [2.05, 4.69) is 0 Å². The van der Waals surface area contributed by atoms with E-state index < -0.39 is 13.3 Å². The zero-order valence-electron chi connectivity index (χ0n) is 11.0. The topological polar surface area (TPSA) is 63.6 Å². The van der Waals surface area contributed by atoms with Crippen LogP contribution in [0.15, 0.2) is 0 Å². The summed E-state index contributed by atoms with van der Waals surface area (Å²) >= 11 is 0. The number of aliphatic carboxylic acids is 1.